The van der Waals surface area contributed by atoms with Gasteiger partial charge in [0.1, 0.15) is 5.25 Å². The van der Waals surface area contributed by atoms with Crippen molar-refractivity contribution in [1.29, 1.82) is 0 Å². The summed E-state index contributed by atoms with van der Waals surface area (Å²) in [7, 11) is -3.66. The average Bonchev–Trinajstić information content (AvgIpc) is 2.22. The molecule has 0 bridgehead atoms. The molecular formula is C10H13ClN2O2S2. The second kappa shape index (κ2) is 5.20. The van der Waals surface area contributed by atoms with Crippen LogP contribution in [0.15, 0.2) is 18.2 Å². The maximum Gasteiger partial charge on any atom is 0.241 e. The van der Waals surface area contributed by atoms with Gasteiger partial charge in [0.25, 0.3) is 0 Å². The van der Waals surface area contributed by atoms with Crippen molar-refractivity contribution >= 4 is 44.5 Å². The van der Waals surface area contributed by atoms with Crippen molar-refractivity contribution < 1.29 is 8.42 Å². The van der Waals surface area contributed by atoms with Crippen LogP contribution in [-0.2, 0) is 10.0 Å². The fourth-order valence-corrected chi connectivity index (χ4v) is 2.89. The van der Waals surface area contributed by atoms with Gasteiger partial charge in [-0.1, -0.05) is 36.0 Å². The first-order valence-corrected chi connectivity index (χ1v) is 7.15. The van der Waals surface area contributed by atoms with Gasteiger partial charge in [0.15, 0.2) is 0 Å². The van der Waals surface area contributed by atoms with E-state index in [0.29, 0.717) is 10.7 Å². The molecule has 0 aliphatic carbocycles. The van der Waals surface area contributed by atoms with Gasteiger partial charge < -0.3 is 5.73 Å². The van der Waals surface area contributed by atoms with Crippen LogP contribution in [0.1, 0.15) is 12.5 Å². The summed E-state index contributed by atoms with van der Waals surface area (Å²) < 4.78 is 26.2. The van der Waals surface area contributed by atoms with Crippen LogP contribution in [0.4, 0.5) is 5.69 Å². The zero-order valence-corrected chi connectivity index (χ0v) is 11.8. The van der Waals surface area contributed by atoms with Crippen LogP contribution < -0.4 is 10.5 Å². The number of benzene rings is 1. The minimum absolute atomic E-state index is 0.0813. The first kappa shape index (κ1) is 14.2. The Balaban J connectivity index is 3.11. The van der Waals surface area contributed by atoms with Gasteiger partial charge in [-0.05, 0) is 25.5 Å². The van der Waals surface area contributed by atoms with Crippen LogP contribution in [0, 0.1) is 6.92 Å². The normalized spacial score (nSPS) is 13.1. The highest BCUT2D eigenvalue weighted by Gasteiger charge is 2.24. The van der Waals surface area contributed by atoms with Crippen LogP contribution >= 0.6 is 23.8 Å². The van der Waals surface area contributed by atoms with Crippen molar-refractivity contribution in [3.05, 3.63) is 28.8 Å². The first-order valence-electron chi connectivity index (χ1n) is 4.81. The van der Waals surface area contributed by atoms with Crippen molar-refractivity contribution in [3.8, 4) is 0 Å². The molecular weight excluding hydrogens is 280 g/mol. The van der Waals surface area contributed by atoms with E-state index >= 15 is 0 Å². The quantitative estimate of drug-likeness (QED) is 0.833. The maximum atomic E-state index is 11.9. The molecule has 1 aromatic rings. The van der Waals surface area contributed by atoms with E-state index < -0.39 is 15.3 Å². The minimum Gasteiger partial charge on any atom is -0.392 e. The molecule has 0 heterocycles. The van der Waals surface area contributed by atoms with E-state index in [9.17, 15) is 8.42 Å². The molecule has 1 aromatic carbocycles. The molecule has 0 aliphatic heterocycles. The molecule has 94 valence electrons. The number of nitrogens with two attached hydrogens (primary N) is 1. The van der Waals surface area contributed by atoms with Gasteiger partial charge in [-0.25, -0.2) is 8.42 Å². The van der Waals surface area contributed by atoms with Crippen molar-refractivity contribution in [1.82, 2.24) is 0 Å². The Labute approximate surface area is 111 Å². The summed E-state index contributed by atoms with van der Waals surface area (Å²) in [6.07, 6.45) is 0. The van der Waals surface area contributed by atoms with E-state index in [1.165, 1.54) is 6.92 Å². The van der Waals surface area contributed by atoms with Crippen molar-refractivity contribution in [2.75, 3.05) is 4.72 Å². The highest BCUT2D eigenvalue weighted by atomic mass is 35.5. The lowest BCUT2D eigenvalue weighted by atomic mass is 10.2. The summed E-state index contributed by atoms with van der Waals surface area (Å²) in [4.78, 5) is -0.0813. The number of aryl methyl sites for hydroxylation is 1. The van der Waals surface area contributed by atoms with Gasteiger partial charge in [-0.2, -0.15) is 0 Å². The van der Waals surface area contributed by atoms with Gasteiger partial charge in [0, 0.05) is 0 Å². The third kappa shape index (κ3) is 3.31. The smallest absolute Gasteiger partial charge is 0.241 e. The average molecular weight is 293 g/mol. The maximum absolute atomic E-state index is 11.9. The number of anilines is 1. The standard InChI is InChI=1S/C10H13ClN2O2S2/c1-6-4-3-5-8(11)9(6)13-17(14,15)7(2)10(12)16/h3-5,7,13H,1-2H3,(H2,12,16). The van der Waals surface area contributed by atoms with Gasteiger partial charge >= 0.3 is 0 Å². The number of hydrogen-bond acceptors (Lipinski definition) is 3. The molecule has 0 saturated heterocycles. The number of rotatable bonds is 4. The van der Waals surface area contributed by atoms with E-state index in [1.54, 1.807) is 25.1 Å². The lowest BCUT2D eigenvalue weighted by Crippen LogP contribution is -2.35. The second-order valence-corrected chi connectivity index (χ2v) is 6.50. The third-order valence-electron chi connectivity index (χ3n) is 2.33. The zero-order chi connectivity index (χ0) is 13.2. The Morgan fingerprint density at radius 1 is 1.53 bits per heavy atom. The Bertz CT molecular complexity index is 523. The lowest BCUT2D eigenvalue weighted by Gasteiger charge is -2.15. The molecule has 0 radical (unpaired) electrons. The molecule has 0 spiro atoms. The second-order valence-electron chi connectivity index (χ2n) is 3.62. The van der Waals surface area contributed by atoms with Crippen molar-refractivity contribution in [2.24, 2.45) is 5.73 Å². The van der Waals surface area contributed by atoms with E-state index in [-0.39, 0.29) is 4.99 Å². The SMILES string of the molecule is Cc1cccc(Cl)c1NS(=O)(=O)C(C)C(N)=S. The Hall–Kier alpha value is -0.850. The van der Waals surface area contributed by atoms with Gasteiger partial charge in [-0.3, -0.25) is 4.72 Å². The number of thiocarbonyl (C=S) groups is 1. The monoisotopic (exact) mass is 292 g/mol. The molecule has 0 fully saturated rings. The van der Waals surface area contributed by atoms with Crippen LogP contribution in [0.5, 0.6) is 0 Å². The fourth-order valence-electron chi connectivity index (χ4n) is 1.14. The van der Waals surface area contributed by atoms with Crippen LogP contribution in [0.2, 0.25) is 5.02 Å². The third-order valence-corrected chi connectivity index (χ3v) is 4.82. The van der Waals surface area contributed by atoms with Gasteiger partial charge in [0.2, 0.25) is 10.0 Å². The summed E-state index contributed by atoms with van der Waals surface area (Å²) in [5.41, 5.74) is 6.42. The number of nitrogens with one attached hydrogen (secondary N) is 1. The van der Waals surface area contributed by atoms with Crippen LogP contribution in [0.3, 0.4) is 0 Å². The summed E-state index contributed by atoms with van der Waals surface area (Å²) in [5, 5.41) is -0.614. The molecule has 1 rings (SSSR count). The van der Waals surface area contributed by atoms with E-state index in [4.69, 9.17) is 17.3 Å². The summed E-state index contributed by atoms with van der Waals surface area (Å²) in [6, 6.07) is 5.11. The van der Waals surface area contributed by atoms with Gasteiger partial charge in [0.05, 0.1) is 15.7 Å². The summed E-state index contributed by atoms with van der Waals surface area (Å²) >= 11 is 10.6. The number of halogens is 1. The largest absolute Gasteiger partial charge is 0.392 e. The lowest BCUT2D eigenvalue weighted by molar-refractivity contribution is 0.598. The molecule has 17 heavy (non-hydrogen) atoms. The predicted molar refractivity (Wildman–Crippen MR) is 75.0 cm³/mol. The predicted octanol–water partition coefficient (Wildman–Crippen LogP) is 2.06. The fraction of sp³-hybridized carbons (Fsp3) is 0.300. The molecule has 1 unspecified atom stereocenters. The molecule has 0 aromatic heterocycles. The van der Waals surface area contributed by atoms with Gasteiger partial charge in [-0.15, -0.1) is 0 Å². The van der Waals surface area contributed by atoms with Crippen molar-refractivity contribution in [2.45, 2.75) is 19.1 Å². The van der Waals surface area contributed by atoms with E-state index in [1.807, 2.05) is 0 Å². The van der Waals surface area contributed by atoms with E-state index in [0.717, 1.165) is 5.56 Å². The molecule has 1 atom stereocenters. The first-order chi connectivity index (χ1) is 7.75. The van der Waals surface area contributed by atoms with Crippen molar-refractivity contribution in [3.63, 3.8) is 0 Å². The minimum atomic E-state index is -3.66. The number of hydrogen-bond donors (Lipinski definition) is 2. The van der Waals surface area contributed by atoms with Crippen LogP contribution in [0.25, 0.3) is 0 Å². The Morgan fingerprint density at radius 3 is 2.59 bits per heavy atom. The van der Waals surface area contributed by atoms with E-state index in [2.05, 4.69) is 16.9 Å². The topological polar surface area (TPSA) is 72.2 Å². The highest BCUT2D eigenvalue weighted by Crippen LogP contribution is 2.26. The zero-order valence-electron chi connectivity index (χ0n) is 9.40. The summed E-state index contributed by atoms with van der Waals surface area (Å²) in [5.74, 6) is 0. The van der Waals surface area contributed by atoms with Crippen LogP contribution in [-0.4, -0.2) is 18.7 Å². The molecule has 3 N–H and O–H groups in total. The molecule has 0 aliphatic rings. The molecule has 0 saturated carbocycles. The number of para-hydroxylation sites is 1. The Kier molecular flexibility index (Phi) is 4.35. The Morgan fingerprint density at radius 2 is 2.12 bits per heavy atom. The molecule has 7 heteroatoms. The molecule has 0 amide bonds. The molecule has 4 nitrogen and oxygen atoms in total. The summed E-state index contributed by atoms with van der Waals surface area (Å²) in [6.45, 7) is 3.19. The number of sulfonamides is 1. The highest BCUT2D eigenvalue weighted by molar-refractivity contribution is 7.95.